The molecule has 2 rings (SSSR count). The number of methoxy groups -OCH3 is 1. The summed E-state index contributed by atoms with van der Waals surface area (Å²) in [6.45, 7) is 14.7. The Morgan fingerprint density at radius 1 is 0.955 bits per heavy atom. The van der Waals surface area contributed by atoms with Crippen molar-refractivity contribution in [3.8, 4) is 5.75 Å². The lowest BCUT2D eigenvalue weighted by Crippen LogP contribution is -2.56. The second-order valence-corrected chi connectivity index (χ2v) is 12.6. The molecule has 0 aliphatic carbocycles. The summed E-state index contributed by atoms with van der Waals surface area (Å²) in [5.41, 5.74) is 2.25. The second kappa shape index (κ2) is 16.1. The van der Waals surface area contributed by atoms with Crippen LogP contribution in [-0.2, 0) is 30.3 Å². The van der Waals surface area contributed by atoms with E-state index in [2.05, 4.69) is 24.5 Å². The summed E-state index contributed by atoms with van der Waals surface area (Å²) in [5, 5.41) is 15.2. The van der Waals surface area contributed by atoms with Crippen LogP contribution < -0.4 is 10.6 Å². The molecule has 44 heavy (non-hydrogen) atoms. The van der Waals surface area contributed by atoms with Gasteiger partial charge in [0, 0.05) is 12.5 Å². The van der Waals surface area contributed by atoms with Gasteiger partial charge in [0.25, 0.3) is 0 Å². The first kappa shape index (κ1) is 36.1. The van der Waals surface area contributed by atoms with Crippen LogP contribution >= 0.6 is 0 Å². The standard InChI is InChI=1S/C34H49N3O7/c1-21(2)13-14-23(4)37(30(31(40)35-20-29(39)43-9)27-12-10-11-22(3)24(27)5)32(41)28(36-33(42)44-34(6,7)8)19-25-15-17-26(38)18-16-25/h10-12,15-18,21,23,28,30,38H,13-14,19-20H2,1-9H3,(H,35,40)(H,36,42). The summed E-state index contributed by atoms with van der Waals surface area (Å²) in [4.78, 5) is 55.3. The van der Waals surface area contributed by atoms with E-state index < -0.39 is 47.6 Å². The first-order valence-electron chi connectivity index (χ1n) is 15.0. The Kier molecular flexibility index (Phi) is 13.2. The third-order valence-electron chi connectivity index (χ3n) is 7.36. The van der Waals surface area contributed by atoms with Crippen LogP contribution in [0.25, 0.3) is 0 Å². The number of carbonyl (C=O) groups is 4. The number of hydrogen-bond donors (Lipinski definition) is 3. The van der Waals surface area contributed by atoms with Gasteiger partial charge in [0.2, 0.25) is 11.8 Å². The highest BCUT2D eigenvalue weighted by Crippen LogP contribution is 2.31. The first-order chi connectivity index (χ1) is 20.5. The van der Waals surface area contributed by atoms with Crippen molar-refractivity contribution < 1.29 is 33.8 Å². The molecule has 0 spiro atoms. The van der Waals surface area contributed by atoms with Crippen molar-refractivity contribution in [3.63, 3.8) is 0 Å². The molecule has 3 atom stereocenters. The molecule has 0 aromatic heterocycles. The zero-order valence-corrected chi connectivity index (χ0v) is 27.5. The van der Waals surface area contributed by atoms with Crippen LogP contribution in [-0.4, -0.2) is 65.2 Å². The average molecular weight is 612 g/mol. The lowest BCUT2D eigenvalue weighted by atomic mass is 9.92. The lowest BCUT2D eigenvalue weighted by Gasteiger charge is -2.39. The molecule has 3 unspecified atom stereocenters. The predicted molar refractivity (Wildman–Crippen MR) is 169 cm³/mol. The van der Waals surface area contributed by atoms with Gasteiger partial charge in [-0.3, -0.25) is 14.4 Å². The molecule has 0 aliphatic heterocycles. The van der Waals surface area contributed by atoms with Crippen LogP contribution in [0.15, 0.2) is 42.5 Å². The molecule has 2 aromatic carbocycles. The van der Waals surface area contributed by atoms with Crippen LogP contribution in [0.3, 0.4) is 0 Å². The van der Waals surface area contributed by atoms with Gasteiger partial charge in [0.1, 0.15) is 30.0 Å². The molecule has 10 nitrogen and oxygen atoms in total. The fraction of sp³-hybridized carbons (Fsp3) is 0.529. The number of nitrogens with one attached hydrogen (secondary N) is 2. The van der Waals surface area contributed by atoms with E-state index in [1.165, 1.54) is 24.1 Å². The maximum Gasteiger partial charge on any atom is 0.408 e. The number of phenolic OH excluding ortho intramolecular Hbond substituents is 1. The van der Waals surface area contributed by atoms with Crippen molar-refractivity contribution in [1.82, 2.24) is 15.5 Å². The Morgan fingerprint density at radius 2 is 1.59 bits per heavy atom. The van der Waals surface area contributed by atoms with E-state index in [1.54, 1.807) is 39.0 Å². The van der Waals surface area contributed by atoms with Crippen molar-refractivity contribution in [1.29, 1.82) is 0 Å². The number of ether oxygens (including phenoxy) is 2. The summed E-state index contributed by atoms with van der Waals surface area (Å²) >= 11 is 0. The molecule has 3 N–H and O–H groups in total. The molecule has 0 fully saturated rings. The van der Waals surface area contributed by atoms with Gasteiger partial charge in [-0.1, -0.05) is 44.2 Å². The van der Waals surface area contributed by atoms with Gasteiger partial charge in [-0.2, -0.15) is 0 Å². The molecule has 0 saturated carbocycles. The second-order valence-electron chi connectivity index (χ2n) is 12.6. The van der Waals surface area contributed by atoms with Crippen LogP contribution in [0.2, 0.25) is 0 Å². The van der Waals surface area contributed by atoms with Gasteiger partial charge in [-0.05, 0) is 94.7 Å². The summed E-state index contributed by atoms with van der Waals surface area (Å²) in [5.74, 6) is -1.25. The lowest BCUT2D eigenvalue weighted by molar-refractivity contribution is -0.146. The Morgan fingerprint density at radius 3 is 2.16 bits per heavy atom. The van der Waals surface area contributed by atoms with E-state index in [4.69, 9.17) is 9.47 Å². The first-order valence-corrected chi connectivity index (χ1v) is 15.0. The van der Waals surface area contributed by atoms with E-state index in [9.17, 15) is 24.3 Å². The molecule has 242 valence electrons. The maximum absolute atomic E-state index is 14.7. The van der Waals surface area contributed by atoms with E-state index in [1.807, 2.05) is 32.9 Å². The quantitative estimate of drug-likeness (QED) is 0.268. The van der Waals surface area contributed by atoms with Gasteiger partial charge in [-0.15, -0.1) is 0 Å². The number of rotatable bonds is 13. The molecule has 0 bridgehead atoms. The third kappa shape index (κ3) is 10.9. The van der Waals surface area contributed by atoms with Crippen LogP contribution in [0.1, 0.15) is 82.7 Å². The van der Waals surface area contributed by atoms with Gasteiger partial charge < -0.3 is 30.1 Å². The van der Waals surface area contributed by atoms with Crippen LogP contribution in [0.4, 0.5) is 4.79 Å². The molecular weight excluding hydrogens is 562 g/mol. The number of carbonyl (C=O) groups excluding carboxylic acids is 4. The molecule has 0 aliphatic rings. The number of amides is 3. The van der Waals surface area contributed by atoms with E-state index in [0.717, 1.165) is 17.5 Å². The zero-order valence-electron chi connectivity index (χ0n) is 27.5. The average Bonchev–Trinajstić information content (AvgIpc) is 2.94. The number of aryl methyl sites for hydroxylation is 1. The summed E-state index contributed by atoms with van der Waals surface area (Å²) in [6.07, 6.45) is 0.682. The Hall–Kier alpha value is -4.08. The number of aromatic hydroxyl groups is 1. The fourth-order valence-electron chi connectivity index (χ4n) is 4.83. The minimum atomic E-state index is -1.11. The van der Waals surface area contributed by atoms with Crippen LogP contribution in [0.5, 0.6) is 5.75 Å². The van der Waals surface area contributed by atoms with Crippen molar-refractivity contribution in [2.75, 3.05) is 13.7 Å². The number of phenols is 1. The maximum atomic E-state index is 14.7. The number of nitrogens with zero attached hydrogens (tertiary/aromatic N) is 1. The number of hydrogen-bond acceptors (Lipinski definition) is 7. The molecule has 3 amide bonds. The van der Waals surface area contributed by atoms with E-state index >= 15 is 0 Å². The van der Waals surface area contributed by atoms with Crippen molar-refractivity contribution in [2.24, 2.45) is 5.92 Å². The van der Waals surface area contributed by atoms with Gasteiger partial charge >= 0.3 is 12.1 Å². The van der Waals surface area contributed by atoms with Crippen molar-refractivity contribution in [2.45, 2.75) is 98.4 Å². The van der Waals surface area contributed by atoms with E-state index in [0.29, 0.717) is 23.5 Å². The summed E-state index contributed by atoms with van der Waals surface area (Å²) in [7, 11) is 1.23. The highest BCUT2D eigenvalue weighted by molar-refractivity contribution is 5.93. The fourth-order valence-corrected chi connectivity index (χ4v) is 4.83. The number of benzene rings is 2. The topological polar surface area (TPSA) is 134 Å². The number of esters is 1. The monoisotopic (exact) mass is 611 g/mol. The predicted octanol–water partition coefficient (Wildman–Crippen LogP) is 5.13. The summed E-state index contributed by atoms with van der Waals surface area (Å²) in [6, 6.07) is 9.25. The van der Waals surface area contributed by atoms with Gasteiger partial charge in [0.05, 0.1) is 7.11 Å². The minimum absolute atomic E-state index is 0.0675. The Labute approximate surface area is 261 Å². The molecular formula is C34H49N3O7. The normalized spacial score (nSPS) is 13.4. The van der Waals surface area contributed by atoms with Crippen molar-refractivity contribution in [3.05, 3.63) is 64.7 Å². The molecule has 2 aromatic rings. The van der Waals surface area contributed by atoms with Gasteiger partial charge in [0.15, 0.2) is 0 Å². The third-order valence-corrected chi connectivity index (χ3v) is 7.36. The molecule has 10 heteroatoms. The highest BCUT2D eigenvalue weighted by Gasteiger charge is 2.39. The SMILES string of the molecule is COC(=O)CNC(=O)C(c1cccc(C)c1C)N(C(=O)C(Cc1ccc(O)cc1)NC(=O)OC(C)(C)C)C(C)CCC(C)C. The Bertz CT molecular complexity index is 1280. The number of alkyl carbamates (subject to hydrolysis) is 1. The smallest absolute Gasteiger partial charge is 0.408 e. The highest BCUT2D eigenvalue weighted by atomic mass is 16.6. The summed E-state index contributed by atoms with van der Waals surface area (Å²) < 4.78 is 10.2. The largest absolute Gasteiger partial charge is 0.508 e. The van der Waals surface area contributed by atoms with Gasteiger partial charge in [-0.25, -0.2) is 4.79 Å². The molecule has 0 saturated heterocycles. The Balaban J connectivity index is 2.71. The minimum Gasteiger partial charge on any atom is -0.508 e. The molecule has 0 heterocycles. The zero-order chi connectivity index (χ0) is 33.2. The van der Waals surface area contributed by atoms with E-state index in [-0.39, 0.29) is 18.7 Å². The van der Waals surface area contributed by atoms with Crippen molar-refractivity contribution >= 4 is 23.9 Å². The molecule has 0 radical (unpaired) electrons. The van der Waals surface area contributed by atoms with Crippen LogP contribution in [0, 0.1) is 19.8 Å².